The summed E-state index contributed by atoms with van der Waals surface area (Å²) in [5.41, 5.74) is 2.52. The topological polar surface area (TPSA) is 49.9 Å². The zero-order chi connectivity index (χ0) is 11.2. The van der Waals surface area contributed by atoms with Crippen LogP contribution in [-0.4, -0.2) is 23.1 Å². The highest BCUT2D eigenvalue weighted by Gasteiger charge is 2.34. The number of hydrogen-bond acceptors (Lipinski definition) is 3. The van der Waals surface area contributed by atoms with Gasteiger partial charge in [-0.2, -0.15) is 0 Å². The van der Waals surface area contributed by atoms with Crippen molar-refractivity contribution in [1.29, 1.82) is 0 Å². The first-order chi connectivity index (χ1) is 7.69. The van der Waals surface area contributed by atoms with Crippen molar-refractivity contribution in [2.45, 2.75) is 44.8 Å². The lowest BCUT2D eigenvalue weighted by molar-refractivity contribution is 0.0753. The van der Waals surface area contributed by atoms with E-state index in [1.165, 1.54) is 5.69 Å². The van der Waals surface area contributed by atoms with Gasteiger partial charge in [0.1, 0.15) is 5.82 Å². The molecule has 0 spiro atoms. The Morgan fingerprint density at radius 1 is 1.38 bits per heavy atom. The molecule has 2 aliphatic heterocycles. The van der Waals surface area contributed by atoms with Crippen LogP contribution in [0.3, 0.4) is 0 Å². The Labute approximate surface area is 95.8 Å². The highest BCUT2D eigenvalue weighted by atomic mass is 16.5. The number of imidazole rings is 1. The van der Waals surface area contributed by atoms with Gasteiger partial charge in [-0.3, -0.25) is 0 Å². The van der Waals surface area contributed by atoms with Crippen molar-refractivity contribution >= 4 is 0 Å². The standard InChI is InChI=1S/C12H19N3O/c1-8-10-9(7-16-8)14-11(15-10)12(2)3-5-13-6-4-12/h8,13H,3-7H2,1-2H3,(H,14,15). The van der Waals surface area contributed by atoms with E-state index in [2.05, 4.69) is 24.1 Å². The summed E-state index contributed by atoms with van der Waals surface area (Å²) in [5.74, 6) is 1.16. The number of fused-ring (bicyclic) bond motifs is 1. The summed E-state index contributed by atoms with van der Waals surface area (Å²) >= 11 is 0. The van der Waals surface area contributed by atoms with E-state index in [-0.39, 0.29) is 11.5 Å². The van der Waals surface area contributed by atoms with Gasteiger partial charge < -0.3 is 15.0 Å². The number of nitrogens with one attached hydrogen (secondary N) is 2. The first-order valence-corrected chi connectivity index (χ1v) is 6.11. The van der Waals surface area contributed by atoms with Crippen LogP contribution in [0.1, 0.15) is 50.0 Å². The number of ether oxygens (including phenoxy) is 1. The molecule has 2 N–H and O–H groups in total. The summed E-state index contributed by atoms with van der Waals surface area (Å²) in [5, 5.41) is 3.40. The minimum Gasteiger partial charge on any atom is -0.366 e. The third-order valence-electron chi connectivity index (χ3n) is 3.95. The normalized spacial score (nSPS) is 28.0. The van der Waals surface area contributed by atoms with Crippen molar-refractivity contribution in [3.8, 4) is 0 Å². The van der Waals surface area contributed by atoms with Gasteiger partial charge in [0.05, 0.1) is 24.1 Å². The molecule has 16 heavy (non-hydrogen) atoms. The molecule has 3 rings (SSSR count). The van der Waals surface area contributed by atoms with Crippen LogP contribution in [0, 0.1) is 0 Å². The number of H-pyrrole nitrogens is 1. The number of aromatic amines is 1. The summed E-state index contributed by atoms with van der Waals surface area (Å²) in [7, 11) is 0. The first-order valence-electron chi connectivity index (χ1n) is 6.11. The lowest BCUT2D eigenvalue weighted by Crippen LogP contribution is -2.38. The number of rotatable bonds is 1. The Balaban J connectivity index is 1.92. The van der Waals surface area contributed by atoms with Crippen molar-refractivity contribution in [3.05, 3.63) is 17.2 Å². The quantitative estimate of drug-likeness (QED) is 0.758. The minimum absolute atomic E-state index is 0.158. The molecule has 1 atom stereocenters. The molecule has 0 aromatic carbocycles. The maximum atomic E-state index is 5.53. The molecule has 2 aliphatic rings. The lowest BCUT2D eigenvalue weighted by atomic mass is 9.80. The Kier molecular flexibility index (Phi) is 2.30. The SMILES string of the molecule is CC1OCc2[nH]c(C3(C)CCNCC3)nc21. The van der Waals surface area contributed by atoms with E-state index in [9.17, 15) is 0 Å². The van der Waals surface area contributed by atoms with Gasteiger partial charge in [-0.25, -0.2) is 4.98 Å². The smallest absolute Gasteiger partial charge is 0.112 e. The second kappa shape index (κ2) is 3.57. The molecule has 0 amide bonds. The second-order valence-corrected chi connectivity index (χ2v) is 5.21. The number of piperidine rings is 1. The van der Waals surface area contributed by atoms with E-state index in [4.69, 9.17) is 9.72 Å². The maximum Gasteiger partial charge on any atom is 0.112 e. The Hall–Kier alpha value is -0.870. The van der Waals surface area contributed by atoms with Crippen molar-refractivity contribution < 1.29 is 4.74 Å². The van der Waals surface area contributed by atoms with Gasteiger partial charge in [0, 0.05) is 5.41 Å². The van der Waals surface area contributed by atoms with Crippen molar-refractivity contribution in [1.82, 2.24) is 15.3 Å². The van der Waals surface area contributed by atoms with Crippen LogP contribution in [-0.2, 0) is 16.8 Å². The zero-order valence-corrected chi connectivity index (χ0v) is 9.97. The van der Waals surface area contributed by atoms with E-state index in [1.54, 1.807) is 0 Å². The van der Waals surface area contributed by atoms with E-state index < -0.39 is 0 Å². The van der Waals surface area contributed by atoms with Gasteiger partial charge >= 0.3 is 0 Å². The fraction of sp³-hybridized carbons (Fsp3) is 0.750. The predicted octanol–water partition coefficient (Wildman–Crippen LogP) is 1.64. The molecule has 0 saturated carbocycles. The van der Waals surface area contributed by atoms with Crippen LogP contribution in [0.2, 0.25) is 0 Å². The zero-order valence-electron chi connectivity index (χ0n) is 9.97. The Morgan fingerprint density at radius 3 is 2.81 bits per heavy atom. The molecule has 1 aromatic heterocycles. The van der Waals surface area contributed by atoms with Gasteiger partial charge in [-0.1, -0.05) is 6.92 Å². The van der Waals surface area contributed by atoms with Gasteiger partial charge in [0.25, 0.3) is 0 Å². The van der Waals surface area contributed by atoms with Gasteiger partial charge in [0.2, 0.25) is 0 Å². The van der Waals surface area contributed by atoms with Crippen LogP contribution in [0.15, 0.2) is 0 Å². The molecule has 4 nitrogen and oxygen atoms in total. The summed E-state index contributed by atoms with van der Waals surface area (Å²) in [6.07, 6.45) is 2.48. The molecule has 88 valence electrons. The third-order valence-corrected chi connectivity index (χ3v) is 3.95. The molecule has 0 aliphatic carbocycles. The van der Waals surface area contributed by atoms with Gasteiger partial charge in [-0.15, -0.1) is 0 Å². The average Bonchev–Trinajstić information content (AvgIpc) is 2.83. The Morgan fingerprint density at radius 2 is 2.12 bits per heavy atom. The van der Waals surface area contributed by atoms with Crippen molar-refractivity contribution in [2.24, 2.45) is 0 Å². The van der Waals surface area contributed by atoms with Gasteiger partial charge in [0.15, 0.2) is 0 Å². The molecule has 0 bridgehead atoms. The summed E-state index contributed by atoms with van der Waals surface area (Å²) in [6.45, 7) is 7.26. The van der Waals surface area contributed by atoms with Crippen LogP contribution in [0.25, 0.3) is 0 Å². The largest absolute Gasteiger partial charge is 0.366 e. The molecule has 1 aromatic rings. The molecule has 4 heteroatoms. The number of nitrogens with zero attached hydrogens (tertiary/aromatic N) is 1. The fourth-order valence-electron chi connectivity index (χ4n) is 2.66. The predicted molar refractivity (Wildman–Crippen MR) is 61.2 cm³/mol. The molecule has 1 saturated heterocycles. The van der Waals surface area contributed by atoms with Crippen molar-refractivity contribution in [2.75, 3.05) is 13.1 Å². The average molecular weight is 221 g/mol. The van der Waals surface area contributed by atoms with Crippen molar-refractivity contribution in [3.63, 3.8) is 0 Å². The number of aromatic nitrogens is 2. The molecule has 0 radical (unpaired) electrons. The number of hydrogen-bond donors (Lipinski definition) is 2. The van der Waals surface area contributed by atoms with Gasteiger partial charge in [-0.05, 0) is 32.9 Å². The molecular formula is C12H19N3O. The summed E-state index contributed by atoms with van der Waals surface area (Å²) in [4.78, 5) is 8.23. The monoisotopic (exact) mass is 221 g/mol. The maximum absolute atomic E-state index is 5.53. The highest BCUT2D eigenvalue weighted by Crippen LogP contribution is 2.35. The fourth-order valence-corrected chi connectivity index (χ4v) is 2.66. The Bertz CT molecular complexity index is 393. The first kappa shape index (κ1) is 10.3. The lowest BCUT2D eigenvalue weighted by Gasteiger charge is -2.32. The van der Waals surface area contributed by atoms with Crippen LogP contribution >= 0.6 is 0 Å². The summed E-state index contributed by atoms with van der Waals surface area (Å²) < 4.78 is 5.53. The summed E-state index contributed by atoms with van der Waals surface area (Å²) in [6, 6.07) is 0. The highest BCUT2D eigenvalue weighted by molar-refractivity contribution is 5.23. The van der Waals surface area contributed by atoms with E-state index in [0.29, 0.717) is 6.61 Å². The van der Waals surface area contributed by atoms with E-state index in [1.807, 2.05) is 0 Å². The molecular weight excluding hydrogens is 202 g/mol. The molecule has 1 fully saturated rings. The second-order valence-electron chi connectivity index (χ2n) is 5.21. The van der Waals surface area contributed by atoms with Crippen LogP contribution < -0.4 is 5.32 Å². The van der Waals surface area contributed by atoms with E-state index >= 15 is 0 Å². The molecule has 1 unspecified atom stereocenters. The van der Waals surface area contributed by atoms with Crippen LogP contribution in [0.5, 0.6) is 0 Å². The third kappa shape index (κ3) is 1.48. The molecule has 3 heterocycles. The van der Waals surface area contributed by atoms with E-state index in [0.717, 1.165) is 37.4 Å². The minimum atomic E-state index is 0.158. The van der Waals surface area contributed by atoms with Crippen LogP contribution in [0.4, 0.5) is 0 Å².